The van der Waals surface area contributed by atoms with Gasteiger partial charge in [0, 0.05) is 15.7 Å². The van der Waals surface area contributed by atoms with Gasteiger partial charge in [0.2, 0.25) is 5.91 Å². The van der Waals surface area contributed by atoms with Gasteiger partial charge in [-0.25, -0.2) is 8.78 Å². The Morgan fingerprint density at radius 3 is 2.19 bits per heavy atom. The van der Waals surface area contributed by atoms with Crippen LogP contribution < -0.4 is 10.6 Å². The first-order chi connectivity index (χ1) is 9.95. The zero-order chi connectivity index (χ0) is 15.4. The molecule has 2 N–H and O–H groups in total. The average Bonchev–Trinajstić information content (AvgIpc) is 2.40. The predicted octanol–water partition coefficient (Wildman–Crippen LogP) is 4.32. The Morgan fingerprint density at radius 2 is 1.62 bits per heavy atom. The van der Waals surface area contributed by atoms with Gasteiger partial charge >= 0.3 is 0 Å². The number of halogens is 4. The van der Waals surface area contributed by atoms with E-state index in [0.29, 0.717) is 15.7 Å². The Labute approximate surface area is 129 Å². The summed E-state index contributed by atoms with van der Waals surface area (Å²) in [5, 5.41) is 5.74. The molecular formula is C14H10Cl2F2N2O. The normalized spacial score (nSPS) is 10.3. The quantitative estimate of drug-likeness (QED) is 0.876. The molecule has 0 bridgehead atoms. The Kier molecular flexibility index (Phi) is 4.98. The largest absolute Gasteiger partial charge is 0.376 e. The van der Waals surface area contributed by atoms with Gasteiger partial charge in [0.1, 0.15) is 17.3 Å². The molecule has 0 saturated carbocycles. The smallest absolute Gasteiger partial charge is 0.243 e. The first-order valence-corrected chi connectivity index (χ1v) is 6.65. The van der Waals surface area contributed by atoms with Crippen LogP contribution in [-0.2, 0) is 4.79 Å². The Balaban J connectivity index is 1.99. The van der Waals surface area contributed by atoms with E-state index in [1.54, 1.807) is 18.2 Å². The Morgan fingerprint density at radius 1 is 1.05 bits per heavy atom. The summed E-state index contributed by atoms with van der Waals surface area (Å²) >= 11 is 11.6. The van der Waals surface area contributed by atoms with Crippen molar-refractivity contribution in [3.05, 3.63) is 58.1 Å². The minimum absolute atomic E-state index is 0.190. The van der Waals surface area contributed by atoms with Gasteiger partial charge in [-0.2, -0.15) is 0 Å². The molecule has 0 radical (unpaired) electrons. The van der Waals surface area contributed by atoms with E-state index in [1.807, 2.05) is 0 Å². The maximum atomic E-state index is 13.4. The van der Waals surface area contributed by atoms with Gasteiger partial charge in [0.05, 0.1) is 6.54 Å². The highest BCUT2D eigenvalue weighted by Crippen LogP contribution is 2.22. The number of anilines is 2. The maximum Gasteiger partial charge on any atom is 0.243 e. The number of para-hydroxylation sites is 1. The van der Waals surface area contributed by atoms with E-state index in [0.717, 1.165) is 12.1 Å². The standard InChI is InChI=1S/C14H10Cl2F2N2O/c15-8-4-9(16)6-10(5-8)19-7-13(21)20-14-11(17)2-1-3-12(14)18/h1-6,19H,7H2,(H,20,21). The lowest BCUT2D eigenvalue weighted by Crippen LogP contribution is -2.23. The monoisotopic (exact) mass is 330 g/mol. The summed E-state index contributed by atoms with van der Waals surface area (Å²) in [7, 11) is 0. The second-order valence-corrected chi connectivity index (χ2v) is 5.03. The van der Waals surface area contributed by atoms with Crippen LogP contribution >= 0.6 is 23.2 Å². The molecule has 2 aromatic rings. The lowest BCUT2D eigenvalue weighted by Gasteiger charge is -2.09. The summed E-state index contributed by atoms with van der Waals surface area (Å²) in [6.07, 6.45) is 0. The molecule has 0 aliphatic rings. The molecule has 0 aromatic heterocycles. The van der Waals surface area contributed by atoms with Crippen LogP contribution in [0, 0.1) is 11.6 Å². The van der Waals surface area contributed by atoms with Crippen molar-refractivity contribution in [3.63, 3.8) is 0 Å². The number of hydrogen-bond acceptors (Lipinski definition) is 2. The molecule has 0 spiro atoms. The third-order valence-electron chi connectivity index (χ3n) is 2.54. The molecule has 0 atom stereocenters. The average molecular weight is 331 g/mol. The van der Waals surface area contributed by atoms with Crippen molar-refractivity contribution in [1.82, 2.24) is 0 Å². The number of benzene rings is 2. The summed E-state index contributed by atoms with van der Waals surface area (Å²) in [4.78, 5) is 11.7. The molecule has 7 heteroatoms. The van der Waals surface area contributed by atoms with Crippen molar-refractivity contribution in [2.45, 2.75) is 0 Å². The molecule has 0 aliphatic heterocycles. The number of hydrogen-bond donors (Lipinski definition) is 2. The fraction of sp³-hybridized carbons (Fsp3) is 0.0714. The number of rotatable bonds is 4. The fourth-order valence-electron chi connectivity index (χ4n) is 1.64. The summed E-state index contributed by atoms with van der Waals surface area (Å²) < 4.78 is 26.7. The van der Waals surface area contributed by atoms with Crippen LogP contribution in [0.3, 0.4) is 0 Å². The molecule has 0 saturated heterocycles. The summed E-state index contributed by atoms with van der Waals surface area (Å²) in [6, 6.07) is 8.02. The molecule has 3 nitrogen and oxygen atoms in total. The molecule has 0 unspecified atom stereocenters. The molecule has 110 valence electrons. The van der Waals surface area contributed by atoms with Crippen LogP contribution in [0.15, 0.2) is 36.4 Å². The molecule has 0 fully saturated rings. The highest BCUT2D eigenvalue weighted by Gasteiger charge is 2.11. The van der Waals surface area contributed by atoms with Gasteiger partial charge in [0.15, 0.2) is 0 Å². The Bertz CT molecular complexity index is 640. The van der Waals surface area contributed by atoms with Crippen LogP contribution in [0.1, 0.15) is 0 Å². The number of carbonyl (C=O) groups is 1. The molecule has 21 heavy (non-hydrogen) atoms. The number of carbonyl (C=O) groups excluding carboxylic acids is 1. The fourth-order valence-corrected chi connectivity index (χ4v) is 2.17. The van der Waals surface area contributed by atoms with Gasteiger partial charge < -0.3 is 10.6 Å². The van der Waals surface area contributed by atoms with Crippen LogP contribution in [0.25, 0.3) is 0 Å². The highest BCUT2D eigenvalue weighted by molar-refractivity contribution is 6.35. The van der Waals surface area contributed by atoms with E-state index in [9.17, 15) is 13.6 Å². The highest BCUT2D eigenvalue weighted by atomic mass is 35.5. The van der Waals surface area contributed by atoms with E-state index < -0.39 is 23.2 Å². The summed E-state index contributed by atoms with van der Waals surface area (Å²) in [5.74, 6) is -2.28. The van der Waals surface area contributed by atoms with E-state index in [1.165, 1.54) is 6.07 Å². The first kappa shape index (κ1) is 15.5. The predicted molar refractivity (Wildman–Crippen MR) is 79.9 cm³/mol. The van der Waals surface area contributed by atoms with Gasteiger partial charge in [-0.05, 0) is 30.3 Å². The van der Waals surface area contributed by atoms with E-state index in [4.69, 9.17) is 23.2 Å². The minimum atomic E-state index is -0.839. The van der Waals surface area contributed by atoms with Crippen LogP contribution in [0.5, 0.6) is 0 Å². The first-order valence-electron chi connectivity index (χ1n) is 5.89. The summed E-state index contributed by atoms with van der Waals surface area (Å²) in [6.45, 7) is -0.190. The molecule has 0 heterocycles. The van der Waals surface area contributed by atoms with Crippen LogP contribution in [-0.4, -0.2) is 12.5 Å². The molecule has 2 aromatic carbocycles. The molecule has 0 aliphatic carbocycles. The lowest BCUT2D eigenvalue weighted by molar-refractivity contribution is -0.114. The number of amides is 1. The Hall–Kier alpha value is -1.85. The maximum absolute atomic E-state index is 13.4. The second-order valence-electron chi connectivity index (χ2n) is 4.16. The molecule has 1 amide bonds. The van der Waals surface area contributed by atoms with Crippen LogP contribution in [0.2, 0.25) is 10.0 Å². The minimum Gasteiger partial charge on any atom is -0.376 e. The van der Waals surface area contributed by atoms with E-state index in [2.05, 4.69) is 10.6 Å². The van der Waals surface area contributed by atoms with Crippen molar-refractivity contribution in [2.24, 2.45) is 0 Å². The second kappa shape index (κ2) is 6.74. The topological polar surface area (TPSA) is 41.1 Å². The van der Waals surface area contributed by atoms with E-state index in [-0.39, 0.29) is 6.54 Å². The van der Waals surface area contributed by atoms with Gasteiger partial charge in [-0.1, -0.05) is 29.3 Å². The van der Waals surface area contributed by atoms with Gasteiger partial charge in [-0.15, -0.1) is 0 Å². The van der Waals surface area contributed by atoms with Crippen molar-refractivity contribution in [3.8, 4) is 0 Å². The molecular weight excluding hydrogens is 321 g/mol. The van der Waals surface area contributed by atoms with Gasteiger partial charge in [0.25, 0.3) is 0 Å². The lowest BCUT2D eigenvalue weighted by atomic mass is 10.3. The third kappa shape index (κ3) is 4.31. The van der Waals surface area contributed by atoms with Crippen molar-refractivity contribution < 1.29 is 13.6 Å². The van der Waals surface area contributed by atoms with Crippen molar-refractivity contribution in [1.29, 1.82) is 0 Å². The van der Waals surface area contributed by atoms with Crippen LogP contribution in [0.4, 0.5) is 20.2 Å². The van der Waals surface area contributed by atoms with E-state index >= 15 is 0 Å². The zero-order valence-electron chi connectivity index (χ0n) is 10.6. The number of nitrogens with one attached hydrogen (secondary N) is 2. The van der Waals surface area contributed by atoms with Gasteiger partial charge in [-0.3, -0.25) is 4.79 Å². The molecule has 2 rings (SSSR count). The van der Waals surface area contributed by atoms with Crippen molar-refractivity contribution >= 4 is 40.5 Å². The zero-order valence-corrected chi connectivity index (χ0v) is 12.1. The van der Waals surface area contributed by atoms with Crippen molar-refractivity contribution in [2.75, 3.05) is 17.2 Å². The third-order valence-corrected chi connectivity index (χ3v) is 2.98. The summed E-state index contributed by atoms with van der Waals surface area (Å²) in [5.41, 5.74) is 0.0464. The SMILES string of the molecule is O=C(CNc1cc(Cl)cc(Cl)c1)Nc1c(F)cccc1F.